The predicted molar refractivity (Wildman–Crippen MR) is 99.9 cm³/mol. The molecule has 0 aliphatic carbocycles. The molecule has 0 saturated carbocycles. The summed E-state index contributed by atoms with van der Waals surface area (Å²) in [7, 11) is 4.36. The lowest BCUT2D eigenvalue weighted by Crippen LogP contribution is -2.62. The molecule has 0 bridgehead atoms. The fourth-order valence-electron chi connectivity index (χ4n) is 4.49. The van der Waals surface area contributed by atoms with Crippen LogP contribution in [0.5, 0.6) is 23.0 Å². The Morgan fingerprint density at radius 2 is 1.79 bits per heavy atom. The normalized spacial score (nSPS) is 21.4. The molecule has 0 N–H and O–H groups in total. The molecule has 3 aliphatic rings. The minimum absolute atomic E-state index is 0.120. The molecular formula is C21H19NO7. The van der Waals surface area contributed by atoms with Crippen LogP contribution in [-0.2, 0) is 16.9 Å². The average molecular weight is 397 g/mol. The molecule has 0 spiro atoms. The second kappa shape index (κ2) is 6.12. The van der Waals surface area contributed by atoms with Gasteiger partial charge in [-0.2, -0.15) is 0 Å². The molecule has 0 aromatic heterocycles. The number of ketones is 1. The quantitative estimate of drug-likeness (QED) is 0.785. The molecule has 5 rings (SSSR count). The highest BCUT2D eigenvalue weighted by Gasteiger charge is 2.57. The van der Waals surface area contributed by atoms with Crippen LogP contribution in [0, 0.1) is 0 Å². The SMILES string of the molecule is COc1ccc2c(c1OC)C(=O)N1CCc3cc4c(cc3C1(OC)C2=O)OCO4. The molecule has 29 heavy (non-hydrogen) atoms. The molecule has 2 aromatic carbocycles. The molecule has 2 aromatic rings. The zero-order valence-electron chi connectivity index (χ0n) is 16.2. The van der Waals surface area contributed by atoms with Crippen molar-refractivity contribution in [2.24, 2.45) is 0 Å². The van der Waals surface area contributed by atoms with E-state index in [0.717, 1.165) is 5.56 Å². The Labute approximate surface area is 166 Å². The van der Waals surface area contributed by atoms with Crippen LogP contribution >= 0.6 is 0 Å². The molecule has 3 aliphatic heterocycles. The number of amides is 1. The summed E-state index contributed by atoms with van der Waals surface area (Å²) in [5, 5.41) is 0. The maximum absolute atomic E-state index is 13.8. The smallest absolute Gasteiger partial charge is 0.261 e. The highest BCUT2D eigenvalue weighted by Crippen LogP contribution is 2.49. The number of benzene rings is 2. The topological polar surface area (TPSA) is 83.5 Å². The first-order chi connectivity index (χ1) is 14.1. The van der Waals surface area contributed by atoms with Crippen LogP contribution in [0.15, 0.2) is 24.3 Å². The zero-order valence-corrected chi connectivity index (χ0v) is 16.2. The highest BCUT2D eigenvalue weighted by atomic mass is 16.7. The summed E-state index contributed by atoms with van der Waals surface area (Å²) in [6.07, 6.45) is 0.553. The molecule has 3 heterocycles. The largest absolute Gasteiger partial charge is 0.493 e. The number of carbonyl (C=O) groups excluding carboxylic acids is 2. The fourth-order valence-corrected chi connectivity index (χ4v) is 4.49. The van der Waals surface area contributed by atoms with Crippen molar-refractivity contribution in [2.45, 2.75) is 12.1 Å². The minimum atomic E-state index is -1.57. The molecule has 1 amide bonds. The second-order valence-corrected chi connectivity index (χ2v) is 6.97. The van der Waals surface area contributed by atoms with Crippen LogP contribution in [0.3, 0.4) is 0 Å². The van der Waals surface area contributed by atoms with Gasteiger partial charge in [0.15, 0.2) is 23.0 Å². The Balaban J connectivity index is 1.78. The Bertz CT molecular complexity index is 1060. The summed E-state index contributed by atoms with van der Waals surface area (Å²) in [6, 6.07) is 6.80. The van der Waals surface area contributed by atoms with Gasteiger partial charge < -0.3 is 23.7 Å². The van der Waals surface area contributed by atoms with E-state index in [2.05, 4.69) is 0 Å². The number of fused-ring (bicyclic) bond motifs is 5. The molecule has 1 unspecified atom stereocenters. The predicted octanol–water partition coefficient (Wildman–Crippen LogP) is 2.13. The van der Waals surface area contributed by atoms with E-state index in [1.165, 1.54) is 26.2 Å². The number of nitrogens with zero attached hydrogens (tertiary/aromatic N) is 1. The fraction of sp³-hybridized carbons (Fsp3) is 0.333. The Kier molecular flexibility index (Phi) is 3.76. The molecule has 8 heteroatoms. The number of methoxy groups -OCH3 is 3. The van der Waals surface area contributed by atoms with Crippen molar-refractivity contribution in [3.63, 3.8) is 0 Å². The number of rotatable bonds is 3. The molecular weight excluding hydrogens is 378 g/mol. The first-order valence-electron chi connectivity index (χ1n) is 9.16. The van der Waals surface area contributed by atoms with Crippen molar-refractivity contribution in [3.05, 3.63) is 46.5 Å². The Hall–Kier alpha value is -3.26. The van der Waals surface area contributed by atoms with Gasteiger partial charge in [0.25, 0.3) is 5.91 Å². The third-order valence-electron chi connectivity index (χ3n) is 5.80. The summed E-state index contributed by atoms with van der Waals surface area (Å²) < 4.78 is 27.5. The van der Waals surface area contributed by atoms with Gasteiger partial charge in [-0.25, -0.2) is 0 Å². The van der Waals surface area contributed by atoms with Crippen LogP contribution in [-0.4, -0.2) is 51.3 Å². The van der Waals surface area contributed by atoms with Crippen molar-refractivity contribution in [2.75, 3.05) is 34.7 Å². The van der Waals surface area contributed by atoms with Gasteiger partial charge in [-0.05, 0) is 36.2 Å². The average Bonchev–Trinajstić information content (AvgIpc) is 3.21. The van der Waals surface area contributed by atoms with E-state index in [0.29, 0.717) is 35.8 Å². The first kappa shape index (κ1) is 17.8. The summed E-state index contributed by atoms with van der Waals surface area (Å²) >= 11 is 0. The van der Waals surface area contributed by atoms with E-state index in [1.54, 1.807) is 18.2 Å². The van der Waals surface area contributed by atoms with E-state index in [-0.39, 0.29) is 35.4 Å². The lowest BCUT2D eigenvalue weighted by molar-refractivity contribution is -0.0999. The maximum atomic E-state index is 13.8. The lowest BCUT2D eigenvalue weighted by Gasteiger charge is -2.48. The molecule has 0 saturated heterocycles. The minimum Gasteiger partial charge on any atom is -0.493 e. The molecule has 0 radical (unpaired) electrons. The third kappa shape index (κ3) is 2.12. The van der Waals surface area contributed by atoms with Crippen LogP contribution in [0.2, 0.25) is 0 Å². The standard InChI is InChI=1S/C21H19NO7/c1-25-14-5-4-12-17(18(14)26-2)20(24)22-7-6-11-8-15-16(29-10-28-15)9-13(11)21(22,27-3)19(12)23/h4-5,8-9H,6-7,10H2,1-3H3. The molecule has 0 fully saturated rings. The van der Waals surface area contributed by atoms with E-state index in [4.69, 9.17) is 23.7 Å². The van der Waals surface area contributed by atoms with Crippen LogP contribution in [0.4, 0.5) is 0 Å². The number of hydrogen-bond donors (Lipinski definition) is 0. The van der Waals surface area contributed by atoms with Gasteiger partial charge in [0, 0.05) is 24.8 Å². The van der Waals surface area contributed by atoms with Gasteiger partial charge in [0.05, 0.1) is 19.8 Å². The number of carbonyl (C=O) groups is 2. The number of ether oxygens (including phenoxy) is 5. The first-order valence-corrected chi connectivity index (χ1v) is 9.16. The van der Waals surface area contributed by atoms with Crippen molar-refractivity contribution < 1.29 is 33.3 Å². The van der Waals surface area contributed by atoms with Gasteiger partial charge in [-0.1, -0.05) is 0 Å². The lowest BCUT2D eigenvalue weighted by atomic mass is 9.79. The summed E-state index contributed by atoms with van der Waals surface area (Å²) in [6.45, 7) is 0.430. The van der Waals surface area contributed by atoms with E-state index < -0.39 is 5.72 Å². The van der Waals surface area contributed by atoms with Gasteiger partial charge in [-0.3, -0.25) is 14.5 Å². The maximum Gasteiger partial charge on any atom is 0.261 e. The monoisotopic (exact) mass is 397 g/mol. The van der Waals surface area contributed by atoms with E-state index in [1.807, 2.05) is 6.07 Å². The number of hydrogen-bond acceptors (Lipinski definition) is 7. The Morgan fingerprint density at radius 3 is 2.48 bits per heavy atom. The van der Waals surface area contributed by atoms with Crippen molar-refractivity contribution in [3.8, 4) is 23.0 Å². The number of Topliss-reactive ketones (excluding diaryl/α,β-unsaturated/α-hetero) is 1. The van der Waals surface area contributed by atoms with Crippen LogP contribution in [0.1, 0.15) is 31.8 Å². The van der Waals surface area contributed by atoms with Gasteiger partial charge in [0.1, 0.15) is 0 Å². The van der Waals surface area contributed by atoms with Crippen LogP contribution in [0.25, 0.3) is 0 Å². The van der Waals surface area contributed by atoms with Crippen molar-refractivity contribution in [1.29, 1.82) is 0 Å². The second-order valence-electron chi connectivity index (χ2n) is 6.97. The molecule has 8 nitrogen and oxygen atoms in total. The Morgan fingerprint density at radius 1 is 1.03 bits per heavy atom. The highest BCUT2D eigenvalue weighted by molar-refractivity contribution is 6.18. The molecule has 1 atom stereocenters. The van der Waals surface area contributed by atoms with E-state index >= 15 is 0 Å². The van der Waals surface area contributed by atoms with Gasteiger partial charge >= 0.3 is 0 Å². The summed E-state index contributed by atoms with van der Waals surface area (Å²) in [5.41, 5.74) is 0.329. The summed E-state index contributed by atoms with van der Waals surface area (Å²) in [4.78, 5) is 28.8. The van der Waals surface area contributed by atoms with Crippen LogP contribution < -0.4 is 18.9 Å². The third-order valence-corrected chi connectivity index (χ3v) is 5.80. The molecule has 150 valence electrons. The van der Waals surface area contributed by atoms with Crippen molar-refractivity contribution in [1.82, 2.24) is 4.90 Å². The van der Waals surface area contributed by atoms with Gasteiger partial charge in [0.2, 0.25) is 18.3 Å². The van der Waals surface area contributed by atoms with Gasteiger partial charge in [-0.15, -0.1) is 0 Å². The zero-order chi connectivity index (χ0) is 20.3. The summed E-state index contributed by atoms with van der Waals surface area (Å²) in [5.74, 6) is 1.10. The van der Waals surface area contributed by atoms with E-state index in [9.17, 15) is 9.59 Å². The van der Waals surface area contributed by atoms with Crippen molar-refractivity contribution >= 4 is 11.7 Å².